The van der Waals surface area contributed by atoms with E-state index in [1.165, 1.54) is 26.6 Å². The smallest absolute Gasteiger partial charge is 0.184 e. The molecule has 0 radical (unpaired) electrons. The minimum absolute atomic E-state index is 0.793. The average Bonchev–Trinajstić information content (AvgIpc) is 2.90. The van der Waals surface area contributed by atoms with Gasteiger partial charge in [0.05, 0.1) is 0 Å². The van der Waals surface area contributed by atoms with Gasteiger partial charge in [-0.2, -0.15) is 4.57 Å². The Bertz CT molecular complexity index is 937. The van der Waals surface area contributed by atoms with Crippen LogP contribution < -0.4 is 4.57 Å². The first-order valence-electron chi connectivity index (χ1n) is 6.84. The predicted octanol–water partition coefficient (Wildman–Crippen LogP) is 5.04. The van der Waals surface area contributed by atoms with E-state index in [4.69, 9.17) is 11.6 Å². The molecule has 0 fully saturated rings. The second-order valence-corrected chi connectivity index (χ2v) is 6.42. The van der Waals surface area contributed by atoms with Gasteiger partial charge in [-0.1, -0.05) is 65.4 Å². The van der Waals surface area contributed by atoms with Crippen LogP contribution >= 0.6 is 22.9 Å². The highest BCUT2D eigenvalue weighted by Crippen LogP contribution is 2.23. The molecular weight excluding hydrogens is 298 g/mol. The summed E-state index contributed by atoms with van der Waals surface area (Å²) in [7, 11) is 0. The fraction of sp³-hybridized carbons (Fsp3) is 0.0556. The highest BCUT2D eigenvalue weighted by Gasteiger charge is 2.13. The molecule has 102 valence electrons. The number of nitrogens with zero attached hydrogens (tertiary/aromatic N) is 1. The number of hydrogen-bond acceptors (Lipinski definition) is 1. The number of thiazole rings is 1. The van der Waals surface area contributed by atoms with E-state index in [9.17, 15) is 0 Å². The summed E-state index contributed by atoms with van der Waals surface area (Å²) in [6, 6.07) is 21.1. The van der Waals surface area contributed by atoms with E-state index < -0.39 is 0 Å². The zero-order valence-corrected chi connectivity index (χ0v) is 12.9. The Kier molecular flexibility index (Phi) is 3.13. The van der Waals surface area contributed by atoms with Gasteiger partial charge in [-0.3, -0.25) is 0 Å². The van der Waals surface area contributed by atoms with E-state index in [1.807, 2.05) is 12.1 Å². The van der Waals surface area contributed by atoms with E-state index in [0.717, 1.165) is 11.6 Å². The van der Waals surface area contributed by atoms with Crippen LogP contribution in [-0.2, 0) is 6.54 Å². The van der Waals surface area contributed by atoms with Crippen molar-refractivity contribution >= 4 is 43.9 Å². The van der Waals surface area contributed by atoms with Crippen molar-refractivity contribution in [2.75, 3.05) is 0 Å². The molecule has 0 aliphatic carbocycles. The Balaban J connectivity index is 1.83. The maximum atomic E-state index is 6.06. The Labute approximate surface area is 132 Å². The normalized spacial score (nSPS) is 11.3. The molecule has 0 saturated heterocycles. The monoisotopic (exact) mass is 310 g/mol. The minimum Gasteiger partial charge on any atom is -0.184 e. The zero-order chi connectivity index (χ0) is 14.2. The quantitative estimate of drug-likeness (QED) is 0.456. The summed E-state index contributed by atoms with van der Waals surface area (Å²) in [5.74, 6) is 0. The largest absolute Gasteiger partial charge is 0.226 e. The zero-order valence-electron chi connectivity index (χ0n) is 11.3. The fourth-order valence-electron chi connectivity index (χ4n) is 2.73. The number of aromatic nitrogens is 1. The maximum Gasteiger partial charge on any atom is 0.226 e. The topological polar surface area (TPSA) is 3.88 Å². The molecule has 0 unspecified atom stereocenters. The van der Waals surface area contributed by atoms with Crippen molar-refractivity contribution in [3.8, 4) is 0 Å². The lowest BCUT2D eigenvalue weighted by Gasteiger charge is -2.03. The standard InChI is InChI=1S/C18H13ClNS/c19-15-8-9-17-18(10-15)21-12-20(17)11-14-6-3-5-13-4-1-2-7-16(13)14/h1-10,12H,11H2/q+1. The summed E-state index contributed by atoms with van der Waals surface area (Å²) in [5, 5.41) is 3.40. The molecule has 0 bridgehead atoms. The van der Waals surface area contributed by atoms with Crippen molar-refractivity contribution < 1.29 is 4.57 Å². The number of rotatable bonds is 2. The molecule has 1 nitrogen and oxygen atoms in total. The molecule has 0 spiro atoms. The SMILES string of the molecule is Clc1ccc2c(c1)sc[n+]2Cc1cccc2ccccc12. The summed E-state index contributed by atoms with van der Waals surface area (Å²) in [4.78, 5) is 0. The van der Waals surface area contributed by atoms with E-state index in [-0.39, 0.29) is 0 Å². The summed E-state index contributed by atoms with van der Waals surface area (Å²) in [6.45, 7) is 0.878. The summed E-state index contributed by atoms with van der Waals surface area (Å²) in [6.07, 6.45) is 0. The van der Waals surface area contributed by atoms with Gasteiger partial charge in [-0.25, -0.2) is 0 Å². The summed E-state index contributed by atoms with van der Waals surface area (Å²) in [5.41, 5.74) is 4.74. The molecule has 0 saturated carbocycles. The third-order valence-corrected chi connectivity index (χ3v) is 4.93. The Morgan fingerprint density at radius 3 is 2.76 bits per heavy atom. The molecule has 0 atom stereocenters. The van der Waals surface area contributed by atoms with Crippen LogP contribution in [0.4, 0.5) is 0 Å². The molecule has 0 amide bonds. The number of halogens is 1. The molecule has 1 aromatic heterocycles. The van der Waals surface area contributed by atoms with Crippen molar-refractivity contribution in [3.05, 3.63) is 76.8 Å². The molecule has 21 heavy (non-hydrogen) atoms. The Hall–Kier alpha value is -1.90. The van der Waals surface area contributed by atoms with Crippen molar-refractivity contribution in [1.82, 2.24) is 0 Å². The average molecular weight is 311 g/mol. The molecular formula is C18H13ClNS+. The third kappa shape index (κ3) is 2.31. The van der Waals surface area contributed by atoms with Crippen molar-refractivity contribution in [2.45, 2.75) is 6.54 Å². The summed E-state index contributed by atoms with van der Waals surface area (Å²) >= 11 is 7.79. The van der Waals surface area contributed by atoms with Crippen LogP contribution in [0.1, 0.15) is 5.56 Å². The Morgan fingerprint density at radius 1 is 0.952 bits per heavy atom. The number of benzene rings is 3. The second-order valence-electron chi connectivity index (χ2n) is 5.10. The first-order chi connectivity index (χ1) is 10.3. The molecule has 4 rings (SSSR count). The van der Waals surface area contributed by atoms with Gasteiger partial charge in [-0.15, -0.1) is 0 Å². The highest BCUT2D eigenvalue weighted by molar-refractivity contribution is 7.16. The van der Waals surface area contributed by atoms with Gasteiger partial charge in [-0.05, 0) is 22.9 Å². The lowest BCUT2D eigenvalue weighted by molar-refractivity contribution is -0.657. The lowest BCUT2D eigenvalue weighted by atomic mass is 10.0. The van der Waals surface area contributed by atoms with Gasteiger partial charge in [0.25, 0.3) is 0 Å². The molecule has 3 aromatic carbocycles. The summed E-state index contributed by atoms with van der Waals surface area (Å²) < 4.78 is 3.51. The highest BCUT2D eigenvalue weighted by atomic mass is 35.5. The van der Waals surface area contributed by atoms with Crippen LogP contribution in [0.15, 0.2) is 66.2 Å². The van der Waals surface area contributed by atoms with Gasteiger partial charge < -0.3 is 0 Å². The van der Waals surface area contributed by atoms with Crippen LogP contribution in [0, 0.1) is 0 Å². The Morgan fingerprint density at radius 2 is 1.81 bits per heavy atom. The molecule has 3 heteroatoms. The van der Waals surface area contributed by atoms with Gasteiger partial charge in [0.15, 0.2) is 6.54 Å². The minimum atomic E-state index is 0.793. The van der Waals surface area contributed by atoms with Crippen LogP contribution in [0.3, 0.4) is 0 Å². The van der Waals surface area contributed by atoms with E-state index >= 15 is 0 Å². The number of fused-ring (bicyclic) bond motifs is 2. The van der Waals surface area contributed by atoms with Crippen molar-refractivity contribution in [2.24, 2.45) is 0 Å². The third-order valence-electron chi connectivity index (χ3n) is 3.76. The van der Waals surface area contributed by atoms with Gasteiger partial charge >= 0.3 is 0 Å². The van der Waals surface area contributed by atoms with Gasteiger partial charge in [0.1, 0.15) is 4.70 Å². The van der Waals surface area contributed by atoms with Crippen LogP contribution in [0.25, 0.3) is 21.0 Å². The second kappa shape index (κ2) is 5.14. The van der Waals surface area contributed by atoms with Crippen molar-refractivity contribution in [3.63, 3.8) is 0 Å². The fourth-order valence-corrected chi connectivity index (χ4v) is 3.90. The first-order valence-corrected chi connectivity index (χ1v) is 8.10. The molecule has 4 aromatic rings. The predicted molar refractivity (Wildman–Crippen MR) is 90.1 cm³/mol. The van der Waals surface area contributed by atoms with E-state index in [1.54, 1.807) is 11.3 Å². The van der Waals surface area contributed by atoms with Crippen LogP contribution in [0.5, 0.6) is 0 Å². The van der Waals surface area contributed by atoms with Crippen LogP contribution in [-0.4, -0.2) is 0 Å². The van der Waals surface area contributed by atoms with E-state index in [2.05, 4.69) is 58.6 Å². The molecule has 0 aliphatic heterocycles. The number of hydrogen-bond donors (Lipinski definition) is 0. The molecule has 0 aliphatic rings. The van der Waals surface area contributed by atoms with Gasteiger partial charge in [0.2, 0.25) is 11.0 Å². The van der Waals surface area contributed by atoms with Gasteiger partial charge in [0, 0.05) is 16.7 Å². The molecule has 1 heterocycles. The van der Waals surface area contributed by atoms with Crippen LogP contribution in [0.2, 0.25) is 5.02 Å². The first kappa shape index (κ1) is 12.8. The molecule has 0 N–H and O–H groups in total. The maximum absolute atomic E-state index is 6.06. The lowest BCUT2D eigenvalue weighted by Crippen LogP contribution is -2.32. The van der Waals surface area contributed by atoms with Crippen molar-refractivity contribution in [1.29, 1.82) is 0 Å². The van der Waals surface area contributed by atoms with E-state index in [0.29, 0.717) is 0 Å².